The van der Waals surface area contributed by atoms with Crippen molar-refractivity contribution < 1.29 is 43.7 Å². The van der Waals surface area contributed by atoms with E-state index in [1.165, 1.54) is 31.3 Å². The summed E-state index contributed by atoms with van der Waals surface area (Å²) in [6, 6.07) is 10.8. The summed E-state index contributed by atoms with van der Waals surface area (Å²) < 4.78 is 25.1. The van der Waals surface area contributed by atoms with Gasteiger partial charge < -0.3 is 38.9 Å². The van der Waals surface area contributed by atoms with Crippen molar-refractivity contribution in [2.75, 3.05) is 41.1 Å². The van der Waals surface area contributed by atoms with Crippen molar-refractivity contribution in [2.45, 2.75) is 62.7 Å². The van der Waals surface area contributed by atoms with Gasteiger partial charge in [-0.25, -0.2) is 4.79 Å². The molecule has 6 unspecified atom stereocenters. The van der Waals surface area contributed by atoms with Crippen LogP contribution in [-0.2, 0) is 14.3 Å². The molecule has 0 aromatic heterocycles. The lowest BCUT2D eigenvalue weighted by Crippen LogP contribution is -2.69. The average Bonchev–Trinajstić information content (AvgIpc) is 3.12. The number of carbonyl (C=O) groups is 1. The van der Waals surface area contributed by atoms with E-state index in [1.807, 2.05) is 12.1 Å². The Morgan fingerprint density at radius 3 is 2.54 bits per heavy atom. The summed E-state index contributed by atoms with van der Waals surface area (Å²) >= 11 is 0. The number of carbonyl (C=O) groups excluding carboxylic acids is 1. The lowest BCUT2D eigenvalue weighted by atomic mass is 9.55. The summed E-state index contributed by atoms with van der Waals surface area (Å²) in [5, 5.41) is 35.4. The van der Waals surface area contributed by atoms with E-state index < -0.39 is 28.8 Å². The van der Waals surface area contributed by atoms with Gasteiger partial charge >= 0.3 is 6.09 Å². The van der Waals surface area contributed by atoms with Crippen LogP contribution in [0.2, 0.25) is 0 Å². The largest absolute Gasteiger partial charge is 0.459 e. The maximum Gasteiger partial charge on any atom is 0.409 e. The standard InChI is InChI=1S/C37H47N3O10/c1-5-19-48-37-33(39(2)36(43)46-3)23-31(38-47-4)29-20-24(11-6-8-17-41)28(14-7-9-18-42)34(35(29)37)30-22-27(15-16-32(30)50-37)49-26-13-10-12-25(21-26)40(44)45/h5,10,12-13,15-16,20-22,24,28,33-35,41-42H,1,6-9,11,14,17-19,23H2,2-4H3. The number of nitrogens with zero attached hydrogens (tertiary/aromatic N) is 3. The fourth-order valence-electron chi connectivity index (χ4n) is 7.97. The van der Waals surface area contributed by atoms with E-state index in [4.69, 9.17) is 23.8 Å². The minimum absolute atomic E-state index is 0.0300. The van der Waals surface area contributed by atoms with Crippen LogP contribution in [0.1, 0.15) is 56.4 Å². The first-order chi connectivity index (χ1) is 24.2. The van der Waals surface area contributed by atoms with Crippen molar-refractivity contribution in [1.82, 2.24) is 4.90 Å². The van der Waals surface area contributed by atoms with Crippen LogP contribution in [0.5, 0.6) is 17.2 Å². The van der Waals surface area contributed by atoms with Crippen LogP contribution < -0.4 is 9.47 Å². The molecule has 2 aromatic rings. The Labute approximate surface area is 292 Å². The highest BCUT2D eigenvalue weighted by atomic mass is 16.7. The molecule has 6 atom stereocenters. The van der Waals surface area contributed by atoms with Gasteiger partial charge in [-0.3, -0.25) is 10.1 Å². The van der Waals surface area contributed by atoms with E-state index in [2.05, 4.69) is 17.8 Å². The zero-order valence-electron chi connectivity index (χ0n) is 28.9. The molecule has 50 heavy (non-hydrogen) atoms. The summed E-state index contributed by atoms with van der Waals surface area (Å²) in [4.78, 5) is 31.0. The van der Waals surface area contributed by atoms with Crippen LogP contribution in [-0.4, -0.2) is 84.8 Å². The molecule has 0 spiro atoms. The predicted molar refractivity (Wildman–Crippen MR) is 185 cm³/mol. The average molecular weight is 694 g/mol. The molecule has 2 N–H and O–H groups in total. The Bertz CT molecular complexity index is 1590. The third-order valence-corrected chi connectivity index (χ3v) is 10.0. The number of aliphatic hydroxyl groups is 2. The Morgan fingerprint density at radius 2 is 1.86 bits per heavy atom. The van der Waals surface area contributed by atoms with Gasteiger partial charge in [0, 0.05) is 44.2 Å². The minimum atomic E-state index is -1.39. The first-order valence-electron chi connectivity index (χ1n) is 17.1. The summed E-state index contributed by atoms with van der Waals surface area (Å²) in [5.41, 5.74) is 2.34. The molecule has 270 valence electrons. The molecule has 2 aliphatic carbocycles. The maximum absolute atomic E-state index is 13.2. The number of hydrogen-bond acceptors (Lipinski definition) is 11. The van der Waals surface area contributed by atoms with Crippen LogP contribution in [0, 0.1) is 27.9 Å². The number of amides is 1. The number of aliphatic hydroxyl groups excluding tert-OH is 2. The summed E-state index contributed by atoms with van der Waals surface area (Å²) in [6.07, 6.45) is 8.05. The van der Waals surface area contributed by atoms with Crippen LogP contribution in [0.25, 0.3) is 0 Å². The first kappa shape index (κ1) is 36.8. The molecule has 13 heteroatoms. The summed E-state index contributed by atoms with van der Waals surface area (Å²) in [6.45, 7) is 4.20. The molecule has 1 amide bonds. The fraction of sp³-hybridized carbons (Fsp3) is 0.514. The zero-order valence-corrected chi connectivity index (χ0v) is 28.9. The number of nitro benzene ring substituents is 1. The predicted octanol–water partition coefficient (Wildman–Crippen LogP) is 6.35. The smallest absolute Gasteiger partial charge is 0.409 e. The van der Waals surface area contributed by atoms with Gasteiger partial charge in [-0.2, -0.15) is 0 Å². The van der Waals surface area contributed by atoms with Crippen molar-refractivity contribution in [2.24, 2.45) is 22.9 Å². The molecular formula is C37H47N3O10. The Kier molecular flexibility index (Phi) is 12.1. The molecule has 3 aliphatic rings. The number of methoxy groups -OCH3 is 1. The second-order valence-electron chi connectivity index (χ2n) is 12.9. The quantitative estimate of drug-likeness (QED) is 0.0877. The number of non-ortho nitro benzene ring substituents is 1. The van der Waals surface area contributed by atoms with E-state index in [0.29, 0.717) is 35.8 Å². The molecule has 1 aliphatic heterocycles. The van der Waals surface area contributed by atoms with Gasteiger partial charge in [0.25, 0.3) is 5.69 Å². The van der Waals surface area contributed by atoms with E-state index >= 15 is 0 Å². The van der Waals surface area contributed by atoms with Crippen molar-refractivity contribution in [3.05, 3.63) is 82.4 Å². The fourth-order valence-corrected chi connectivity index (χ4v) is 7.97. The zero-order chi connectivity index (χ0) is 35.8. The highest BCUT2D eigenvalue weighted by Gasteiger charge is 2.65. The van der Waals surface area contributed by atoms with E-state index in [-0.39, 0.29) is 49.7 Å². The second kappa shape index (κ2) is 16.5. The van der Waals surface area contributed by atoms with Gasteiger partial charge in [0.15, 0.2) is 0 Å². The molecule has 2 aromatic carbocycles. The van der Waals surface area contributed by atoms with Crippen LogP contribution in [0.4, 0.5) is 10.5 Å². The summed E-state index contributed by atoms with van der Waals surface area (Å²) in [7, 11) is 4.47. The number of benzene rings is 2. The number of allylic oxidation sites excluding steroid dienone is 1. The maximum atomic E-state index is 13.2. The van der Waals surface area contributed by atoms with Crippen LogP contribution in [0.3, 0.4) is 0 Å². The highest BCUT2D eigenvalue weighted by Crippen LogP contribution is 2.62. The molecule has 1 saturated carbocycles. The molecule has 0 saturated heterocycles. The Hall–Kier alpha value is -4.46. The van der Waals surface area contributed by atoms with E-state index in [9.17, 15) is 25.1 Å². The number of nitro groups is 1. The minimum Gasteiger partial charge on any atom is -0.459 e. The Morgan fingerprint density at radius 1 is 1.12 bits per heavy atom. The lowest BCUT2D eigenvalue weighted by Gasteiger charge is -2.59. The number of fused-ring (bicyclic) bond motifs is 2. The monoisotopic (exact) mass is 693 g/mol. The van der Waals surface area contributed by atoms with E-state index in [0.717, 1.165) is 36.8 Å². The number of unbranched alkanes of at least 4 members (excludes halogenated alkanes) is 2. The molecule has 0 radical (unpaired) electrons. The van der Waals surface area contributed by atoms with Crippen molar-refractivity contribution in [1.29, 1.82) is 0 Å². The van der Waals surface area contributed by atoms with Gasteiger partial charge in [-0.05, 0) is 67.4 Å². The third-order valence-electron chi connectivity index (χ3n) is 10.0. The van der Waals surface area contributed by atoms with Crippen molar-refractivity contribution in [3.8, 4) is 17.2 Å². The number of hydrogen-bond donors (Lipinski definition) is 2. The summed E-state index contributed by atoms with van der Waals surface area (Å²) in [5.74, 6) is -0.667. The molecule has 0 bridgehead atoms. The van der Waals surface area contributed by atoms with Gasteiger partial charge in [0.1, 0.15) is 30.4 Å². The van der Waals surface area contributed by atoms with Gasteiger partial charge in [0.05, 0.1) is 36.3 Å². The second-order valence-corrected chi connectivity index (χ2v) is 12.9. The lowest BCUT2D eigenvalue weighted by molar-refractivity contribution is -0.384. The highest BCUT2D eigenvalue weighted by molar-refractivity contribution is 6.02. The molecule has 1 fully saturated rings. The van der Waals surface area contributed by atoms with Crippen LogP contribution >= 0.6 is 0 Å². The number of oxime groups is 1. The van der Waals surface area contributed by atoms with E-state index in [1.54, 1.807) is 31.3 Å². The Balaban J connectivity index is 1.74. The number of ether oxygens (including phenoxy) is 4. The van der Waals surface area contributed by atoms with Crippen molar-refractivity contribution in [3.63, 3.8) is 0 Å². The molecule has 13 nitrogen and oxygen atoms in total. The van der Waals surface area contributed by atoms with Gasteiger partial charge in [-0.15, -0.1) is 6.58 Å². The van der Waals surface area contributed by atoms with Gasteiger partial charge in [-0.1, -0.05) is 36.2 Å². The van der Waals surface area contributed by atoms with Gasteiger partial charge in [0.2, 0.25) is 5.79 Å². The normalized spacial score (nSPS) is 25.7. The molecule has 1 heterocycles. The van der Waals surface area contributed by atoms with Crippen LogP contribution in [0.15, 0.2) is 71.9 Å². The molecular weight excluding hydrogens is 646 g/mol. The van der Waals surface area contributed by atoms with Crippen molar-refractivity contribution >= 4 is 17.5 Å². The first-order valence-corrected chi connectivity index (χ1v) is 17.1. The molecule has 5 rings (SSSR count). The third kappa shape index (κ3) is 7.35. The number of rotatable bonds is 16. The topological polar surface area (TPSA) is 162 Å². The SMILES string of the molecule is C=CCOC12Oc3ccc(Oc4cccc([N+](=O)[O-])c4)cc3C3C(CCCCO)C(CCCCO)C=C(C(=NOC)CC1N(C)C(=O)OC)C32. The number of likely N-dealkylation sites (N-methyl/N-ethyl adjacent to an activating group) is 1.